The van der Waals surface area contributed by atoms with Crippen molar-refractivity contribution in [2.45, 2.75) is 26.0 Å². The molecule has 1 amide bonds. The number of amides is 1. The standard InChI is InChI=1S/C12H14N2O6/c1-6-8(4-3-5-9(6)14(19)20)11(16)13-10(7(2)15)12(17)18/h3-5,7,10,15H,1-2H3,(H,13,16)(H,17,18). The van der Waals surface area contributed by atoms with Crippen LogP contribution in [0.25, 0.3) is 0 Å². The first kappa shape index (κ1) is 15.6. The Morgan fingerprint density at radius 2 is 2.00 bits per heavy atom. The first-order chi connectivity index (χ1) is 9.25. The van der Waals surface area contributed by atoms with Crippen LogP contribution in [0.3, 0.4) is 0 Å². The second kappa shape index (κ2) is 6.11. The molecule has 108 valence electrons. The van der Waals surface area contributed by atoms with E-state index in [1.165, 1.54) is 32.0 Å². The lowest BCUT2D eigenvalue weighted by Crippen LogP contribution is -2.47. The maximum Gasteiger partial charge on any atom is 0.328 e. The molecule has 1 rings (SSSR count). The van der Waals surface area contributed by atoms with Crippen molar-refractivity contribution < 1.29 is 24.7 Å². The summed E-state index contributed by atoms with van der Waals surface area (Å²) in [6.45, 7) is 2.62. The van der Waals surface area contributed by atoms with Gasteiger partial charge in [-0.3, -0.25) is 14.9 Å². The van der Waals surface area contributed by atoms with Crippen LogP contribution in [0.5, 0.6) is 0 Å². The Morgan fingerprint density at radius 3 is 2.45 bits per heavy atom. The third kappa shape index (κ3) is 3.29. The number of hydrogen-bond donors (Lipinski definition) is 3. The molecule has 1 aromatic carbocycles. The van der Waals surface area contributed by atoms with Gasteiger partial charge < -0.3 is 15.5 Å². The van der Waals surface area contributed by atoms with Crippen LogP contribution in [0, 0.1) is 17.0 Å². The average molecular weight is 282 g/mol. The van der Waals surface area contributed by atoms with Gasteiger partial charge in [-0.1, -0.05) is 6.07 Å². The molecular weight excluding hydrogens is 268 g/mol. The third-order valence-electron chi connectivity index (χ3n) is 2.78. The zero-order chi connectivity index (χ0) is 15.4. The molecule has 0 saturated heterocycles. The minimum Gasteiger partial charge on any atom is -0.480 e. The number of carboxylic acids is 1. The Labute approximate surface area is 114 Å². The molecule has 8 heteroatoms. The lowest BCUT2D eigenvalue weighted by molar-refractivity contribution is -0.385. The number of carboxylic acid groups (broad SMARTS) is 1. The Hall–Kier alpha value is -2.48. The predicted molar refractivity (Wildman–Crippen MR) is 68.4 cm³/mol. The van der Waals surface area contributed by atoms with Crippen molar-refractivity contribution in [3.05, 3.63) is 39.4 Å². The van der Waals surface area contributed by atoms with Crippen LogP contribution < -0.4 is 5.32 Å². The summed E-state index contributed by atoms with van der Waals surface area (Å²) in [6.07, 6.45) is -1.30. The molecule has 0 heterocycles. The number of nitro benzene ring substituents is 1. The Bertz CT molecular complexity index is 555. The van der Waals surface area contributed by atoms with Gasteiger partial charge in [0.1, 0.15) is 0 Å². The second-order valence-corrected chi connectivity index (χ2v) is 4.24. The predicted octanol–water partition coefficient (Wildman–Crippen LogP) is 0.467. The number of aliphatic carboxylic acids is 1. The van der Waals surface area contributed by atoms with E-state index in [9.17, 15) is 24.8 Å². The van der Waals surface area contributed by atoms with Crippen LogP contribution in [0.15, 0.2) is 18.2 Å². The van der Waals surface area contributed by atoms with Crippen molar-refractivity contribution in [1.82, 2.24) is 5.32 Å². The molecule has 0 saturated carbocycles. The maximum absolute atomic E-state index is 12.0. The largest absolute Gasteiger partial charge is 0.480 e. The molecule has 0 spiro atoms. The van der Waals surface area contributed by atoms with Gasteiger partial charge in [-0.2, -0.15) is 0 Å². The van der Waals surface area contributed by atoms with Gasteiger partial charge in [0.25, 0.3) is 11.6 Å². The second-order valence-electron chi connectivity index (χ2n) is 4.24. The molecule has 2 unspecified atom stereocenters. The molecule has 0 aliphatic rings. The summed E-state index contributed by atoms with van der Waals surface area (Å²) in [4.78, 5) is 33.0. The highest BCUT2D eigenvalue weighted by atomic mass is 16.6. The van der Waals surface area contributed by atoms with Crippen LogP contribution in [-0.4, -0.2) is 39.2 Å². The molecule has 3 N–H and O–H groups in total. The highest BCUT2D eigenvalue weighted by Gasteiger charge is 2.27. The summed E-state index contributed by atoms with van der Waals surface area (Å²) >= 11 is 0. The maximum atomic E-state index is 12.0. The zero-order valence-electron chi connectivity index (χ0n) is 10.9. The Morgan fingerprint density at radius 1 is 1.40 bits per heavy atom. The van der Waals surface area contributed by atoms with Gasteiger partial charge in [0, 0.05) is 17.2 Å². The highest BCUT2D eigenvalue weighted by Crippen LogP contribution is 2.21. The van der Waals surface area contributed by atoms with E-state index >= 15 is 0 Å². The van der Waals surface area contributed by atoms with Gasteiger partial charge in [-0.15, -0.1) is 0 Å². The third-order valence-corrected chi connectivity index (χ3v) is 2.78. The van der Waals surface area contributed by atoms with Gasteiger partial charge in [0.05, 0.1) is 11.0 Å². The van der Waals surface area contributed by atoms with E-state index in [1.54, 1.807) is 0 Å². The van der Waals surface area contributed by atoms with Gasteiger partial charge in [0.2, 0.25) is 0 Å². The van der Waals surface area contributed by atoms with Gasteiger partial charge in [-0.05, 0) is 19.9 Å². The van der Waals surface area contributed by atoms with E-state index in [0.29, 0.717) is 0 Å². The van der Waals surface area contributed by atoms with Crippen LogP contribution in [0.4, 0.5) is 5.69 Å². The van der Waals surface area contributed by atoms with Crippen molar-refractivity contribution in [3.8, 4) is 0 Å². The Balaban J connectivity index is 3.07. The molecule has 1 aromatic rings. The summed E-state index contributed by atoms with van der Waals surface area (Å²) in [5.41, 5.74) is -0.114. The van der Waals surface area contributed by atoms with Crippen LogP contribution in [0.2, 0.25) is 0 Å². The van der Waals surface area contributed by atoms with Crippen molar-refractivity contribution in [2.24, 2.45) is 0 Å². The number of carbonyl (C=O) groups excluding carboxylic acids is 1. The van der Waals surface area contributed by atoms with Crippen molar-refractivity contribution >= 4 is 17.6 Å². The summed E-state index contributed by atoms with van der Waals surface area (Å²) in [5.74, 6) is -2.18. The number of aliphatic hydroxyl groups excluding tert-OH is 1. The average Bonchev–Trinajstić information content (AvgIpc) is 2.34. The van der Waals surface area contributed by atoms with Gasteiger partial charge in [0.15, 0.2) is 6.04 Å². The molecule has 2 atom stereocenters. The number of rotatable bonds is 5. The van der Waals surface area contributed by atoms with E-state index < -0.39 is 28.9 Å². The quantitative estimate of drug-likeness (QED) is 0.531. The fourth-order valence-electron chi connectivity index (χ4n) is 1.67. The number of nitro groups is 1. The van der Waals surface area contributed by atoms with Gasteiger partial charge in [-0.25, -0.2) is 4.79 Å². The van der Waals surface area contributed by atoms with Crippen LogP contribution >= 0.6 is 0 Å². The number of benzene rings is 1. The molecule has 0 aliphatic heterocycles. The first-order valence-corrected chi connectivity index (χ1v) is 5.71. The topological polar surface area (TPSA) is 130 Å². The zero-order valence-corrected chi connectivity index (χ0v) is 10.9. The number of carbonyl (C=O) groups is 2. The number of nitrogens with one attached hydrogen (secondary N) is 1. The number of hydrogen-bond acceptors (Lipinski definition) is 5. The Kier molecular flexibility index (Phi) is 4.76. The van der Waals surface area contributed by atoms with Crippen molar-refractivity contribution in [3.63, 3.8) is 0 Å². The summed E-state index contributed by atoms with van der Waals surface area (Å²) in [7, 11) is 0. The smallest absolute Gasteiger partial charge is 0.328 e. The van der Waals surface area contributed by atoms with Crippen LogP contribution in [0.1, 0.15) is 22.8 Å². The number of aliphatic hydroxyl groups is 1. The van der Waals surface area contributed by atoms with Crippen molar-refractivity contribution in [2.75, 3.05) is 0 Å². The monoisotopic (exact) mass is 282 g/mol. The van der Waals surface area contributed by atoms with Crippen LogP contribution in [-0.2, 0) is 4.79 Å². The van der Waals surface area contributed by atoms with E-state index in [-0.39, 0.29) is 16.8 Å². The molecule has 0 radical (unpaired) electrons. The van der Waals surface area contributed by atoms with Crippen molar-refractivity contribution in [1.29, 1.82) is 0 Å². The minimum absolute atomic E-state index is 0.00824. The molecule has 0 aromatic heterocycles. The molecule has 0 bridgehead atoms. The van der Waals surface area contributed by atoms with E-state index in [4.69, 9.17) is 5.11 Å². The highest BCUT2D eigenvalue weighted by molar-refractivity contribution is 5.98. The first-order valence-electron chi connectivity index (χ1n) is 5.71. The molecule has 20 heavy (non-hydrogen) atoms. The molecule has 0 fully saturated rings. The summed E-state index contributed by atoms with van der Waals surface area (Å²) in [5, 5.41) is 31.1. The van der Waals surface area contributed by atoms with E-state index in [1.807, 2.05) is 0 Å². The lowest BCUT2D eigenvalue weighted by Gasteiger charge is -2.17. The fraction of sp³-hybridized carbons (Fsp3) is 0.333. The fourth-order valence-corrected chi connectivity index (χ4v) is 1.67. The SMILES string of the molecule is Cc1c(C(=O)NC(C(=O)O)C(C)O)cccc1[N+](=O)[O-]. The normalized spacial score (nSPS) is 13.3. The van der Waals surface area contributed by atoms with Gasteiger partial charge >= 0.3 is 5.97 Å². The van der Waals surface area contributed by atoms with E-state index in [2.05, 4.69) is 5.32 Å². The molecule has 8 nitrogen and oxygen atoms in total. The van der Waals surface area contributed by atoms with E-state index in [0.717, 1.165) is 0 Å². The summed E-state index contributed by atoms with van der Waals surface area (Å²) < 4.78 is 0. The molecular formula is C12H14N2O6. The number of nitrogens with zero attached hydrogens (tertiary/aromatic N) is 1. The summed E-state index contributed by atoms with van der Waals surface area (Å²) in [6, 6.07) is 2.44. The minimum atomic E-state index is -1.49. The molecule has 0 aliphatic carbocycles. The lowest BCUT2D eigenvalue weighted by atomic mass is 10.1.